The quantitative estimate of drug-likeness (QED) is 0.755. The number of nitrogens with zero attached hydrogens (tertiary/aromatic N) is 3. The lowest BCUT2D eigenvalue weighted by molar-refractivity contribution is 0.416. The highest BCUT2D eigenvalue weighted by atomic mass is 16.5. The molecule has 0 atom stereocenters. The summed E-state index contributed by atoms with van der Waals surface area (Å²) < 4.78 is 7.01. The number of aryl methyl sites for hydroxylation is 1. The van der Waals surface area contributed by atoms with E-state index in [-0.39, 0.29) is 0 Å². The molecule has 0 aliphatic heterocycles. The molecule has 1 aromatic heterocycles. The van der Waals surface area contributed by atoms with E-state index in [9.17, 15) is 0 Å². The number of benzene rings is 1. The first-order chi connectivity index (χ1) is 8.29. The Labute approximate surface area is 101 Å². The third-order valence-corrected chi connectivity index (χ3v) is 2.40. The van der Waals surface area contributed by atoms with Crippen LogP contribution < -0.4 is 4.74 Å². The summed E-state index contributed by atoms with van der Waals surface area (Å²) in [5.41, 5.74) is 1.99. The minimum atomic E-state index is 0.770. The lowest BCUT2D eigenvalue weighted by atomic mass is 10.2. The van der Waals surface area contributed by atoms with E-state index in [1.54, 1.807) is 11.8 Å². The van der Waals surface area contributed by atoms with E-state index in [0.29, 0.717) is 0 Å². The number of rotatable bonds is 4. The van der Waals surface area contributed by atoms with Crippen LogP contribution in [0.4, 0.5) is 5.69 Å². The third kappa shape index (κ3) is 2.93. The molecule has 88 valence electrons. The average Bonchev–Trinajstić information content (AvgIpc) is 2.76. The van der Waals surface area contributed by atoms with Gasteiger partial charge >= 0.3 is 0 Å². The third-order valence-electron chi connectivity index (χ3n) is 2.40. The zero-order chi connectivity index (χ0) is 12.1. The van der Waals surface area contributed by atoms with E-state index in [4.69, 9.17) is 4.74 Å². The predicted octanol–water partition coefficient (Wildman–Crippen LogP) is 2.37. The van der Waals surface area contributed by atoms with Gasteiger partial charge < -0.3 is 4.74 Å². The molecule has 2 rings (SSSR count). The van der Waals surface area contributed by atoms with E-state index in [1.807, 2.05) is 49.9 Å². The van der Waals surface area contributed by atoms with Crippen LogP contribution in [-0.2, 0) is 13.5 Å². The van der Waals surface area contributed by atoms with Gasteiger partial charge in [-0.25, -0.2) is 0 Å². The van der Waals surface area contributed by atoms with Gasteiger partial charge in [0.05, 0.1) is 13.3 Å². The number of aliphatic imine (C=N–C) groups is 1. The second kappa shape index (κ2) is 5.30. The highest BCUT2D eigenvalue weighted by Crippen LogP contribution is 2.25. The Morgan fingerprint density at radius 3 is 2.94 bits per heavy atom. The van der Waals surface area contributed by atoms with Crippen LogP contribution in [0.2, 0.25) is 0 Å². The Morgan fingerprint density at radius 1 is 1.41 bits per heavy atom. The van der Waals surface area contributed by atoms with Crippen molar-refractivity contribution in [2.75, 3.05) is 7.11 Å². The molecule has 0 unspecified atom stereocenters. The average molecular weight is 229 g/mol. The summed E-state index contributed by atoms with van der Waals surface area (Å²) >= 11 is 0. The minimum absolute atomic E-state index is 0.770. The number of methoxy groups -OCH3 is 1. The molecule has 17 heavy (non-hydrogen) atoms. The van der Waals surface area contributed by atoms with Crippen molar-refractivity contribution in [1.82, 2.24) is 9.78 Å². The molecule has 0 saturated carbocycles. The van der Waals surface area contributed by atoms with E-state index in [2.05, 4.69) is 10.1 Å². The van der Waals surface area contributed by atoms with Crippen molar-refractivity contribution in [3.05, 3.63) is 42.2 Å². The standard InChI is InChI=1S/C13H15N3O/c1-16-10-11(9-15-16)7-8-14-12-5-3-4-6-13(12)17-2/h3-6,8-10H,7H2,1-2H3. The molecule has 0 saturated heterocycles. The van der Waals surface area contributed by atoms with Gasteiger partial charge in [-0.15, -0.1) is 0 Å². The predicted molar refractivity (Wildman–Crippen MR) is 68.1 cm³/mol. The SMILES string of the molecule is COc1ccccc1N=CCc1cnn(C)c1. The normalized spacial score (nSPS) is 10.9. The first kappa shape index (κ1) is 11.4. The maximum Gasteiger partial charge on any atom is 0.144 e. The maximum absolute atomic E-state index is 5.22. The summed E-state index contributed by atoms with van der Waals surface area (Å²) in [4.78, 5) is 4.39. The van der Waals surface area contributed by atoms with Crippen molar-refractivity contribution < 1.29 is 4.74 Å². The zero-order valence-electron chi connectivity index (χ0n) is 10.00. The maximum atomic E-state index is 5.22. The van der Waals surface area contributed by atoms with Gasteiger partial charge in [-0.2, -0.15) is 5.10 Å². The summed E-state index contributed by atoms with van der Waals surface area (Å²) in [5.74, 6) is 0.787. The molecule has 0 N–H and O–H groups in total. The topological polar surface area (TPSA) is 39.4 Å². The smallest absolute Gasteiger partial charge is 0.144 e. The van der Waals surface area contributed by atoms with Gasteiger partial charge in [0.1, 0.15) is 11.4 Å². The Bertz CT molecular complexity index is 517. The molecule has 0 fully saturated rings. The Morgan fingerprint density at radius 2 is 2.24 bits per heavy atom. The Hall–Kier alpha value is -2.10. The van der Waals surface area contributed by atoms with Crippen LogP contribution in [0.1, 0.15) is 5.56 Å². The van der Waals surface area contributed by atoms with Crippen LogP contribution in [-0.4, -0.2) is 23.1 Å². The van der Waals surface area contributed by atoms with E-state index in [1.165, 1.54) is 0 Å². The van der Waals surface area contributed by atoms with Crippen LogP contribution in [0.15, 0.2) is 41.7 Å². The van der Waals surface area contributed by atoms with E-state index >= 15 is 0 Å². The van der Waals surface area contributed by atoms with Gasteiger partial charge in [0.15, 0.2) is 0 Å². The molecular formula is C13H15N3O. The number of hydrogen-bond acceptors (Lipinski definition) is 3. The minimum Gasteiger partial charge on any atom is -0.494 e. The summed E-state index contributed by atoms with van der Waals surface area (Å²) in [5, 5.41) is 4.11. The summed E-state index contributed by atoms with van der Waals surface area (Å²) in [6.45, 7) is 0. The highest BCUT2D eigenvalue weighted by Gasteiger charge is 1.98. The summed E-state index contributed by atoms with van der Waals surface area (Å²) in [7, 11) is 3.55. The van der Waals surface area contributed by atoms with Crippen molar-refractivity contribution in [3.63, 3.8) is 0 Å². The lowest BCUT2D eigenvalue weighted by Gasteiger charge is -2.02. The van der Waals surface area contributed by atoms with Crippen molar-refractivity contribution in [2.45, 2.75) is 6.42 Å². The molecule has 4 heteroatoms. The van der Waals surface area contributed by atoms with Crippen molar-refractivity contribution in [2.24, 2.45) is 12.0 Å². The monoisotopic (exact) mass is 229 g/mol. The van der Waals surface area contributed by atoms with Crippen LogP contribution >= 0.6 is 0 Å². The largest absolute Gasteiger partial charge is 0.494 e. The molecule has 0 aliphatic carbocycles. The first-order valence-electron chi connectivity index (χ1n) is 5.42. The molecule has 0 radical (unpaired) electrons. The molecule has 0 aliphatic rings. The van der Waals surface area contributed by atoms with Gasteiger partial charge in [-0.1, -0.05) is 12.1 Å². The van der Waals surface area contributed by atoms with Gasteiger partial charge in [0, 0.05) is 25.9 Å². The van der Waals surface area contributed by atoms with Gasteiger partial charge in [-0.3, -0.25) is 9.67 Å². The molecule has 1 aromatic carbocycles. The van der Waals surface area contributed by atoms with E-state index in [0.717, 1.165) is 23.4 Å². The lowest BCUT2D eigenvalue weighted by Crippen LogP contribution is -1.86. The number of ether oxygens (including phenoxy) is 1. The molecule has 0 spiro atoms. The fraction of sp³-hybridized carbons (Fsp3) is 0.231. The van der Waals surface area contributed by atoms with Gasteiger partial charge in [0.2, 0.25) is 0 Å². The Kier molecular flexibility index (Phi) is 3.55. The molecule has 2 aromatic rings. The second-order valence-corrected chi connectivity index (χ2v) is 3.71. The Balaban J connectivity index is 2.05. The van der Waals surface area contributed by atoms with Crippen molar-refractivity contribution in [3.8, 4) is 5.75 Å². The number of aromatic nitrogens is 2. The highest BCUT2D eigenvalue weighted by molar-refractivity contribution is 5.68. The molecule has 4 nitrogen and oxygen atoms in total. The van der Waals surface area contributed by atoms with Crippen molar-refractivity contribution in [1.29, 1.82) is 0 Å². The number of hydrogen-bond donors (Lipinski definition) is 0. The summed E-state index contributed by atoms with van der Waals surface area (Å²) in [6.07, 6.45) is 6.46. The molecule has 0 bridgehead atoms. The molecular weight excluding hydrogens is 214 g/mol. The van der Waals surface area contributed by atoms with Crippen molar-refractivity contribution >= 4 is 11.9 Å². The van der Waals surface area contributed by atoms with Gasteiger partial charge in [0.25, 0.3) is 0 Å². The fourth-order valence-electron chi connectivity index (χ4n) is 1.56. The number of para-hydroxylation sites is 2. The molecule has 1 heterocycles. The fourth-order valence-corrected chi connectivity index (χ4v) is 1.56. The van der Waals surface area contributed by atoms with Crippen LogP contribution in [0, 0.1) is 0 Å². The zero-order valence-corrected chi connectivity index (χ0v) is 10.00. The summed E-state index contributed by atoms with van der Waals surface area (Å²) in [6, 6.07) is 7.70. The van der Waals surface area contributed by atoms with Gasteiger partial charge in [-0.05, 0) is 17.7 Å². The van der Waals surface area contributed by atoms with Crippen LogP contribution in [0.5, 0.6) is 5.75 Å². The molecule has 0 amide bonds. The first-order valence-corrected chi connectivity index (χ1v) is 5.42. The van der Waals surface area contributed by atoms with Crippen LogP contribution in [0.25, 0.3) is 0 Å². The second-order valence-electron chi connectivity index (χ2n) is 3.71. The van der Waals surface area contributed by atoms with Crippen LogP contribution in [0.3, 0.4) is 0 Å². The van der Waals surface area contributed by atoms with E-state index < -0.39 is 0 Å².